The molecule has 218 valence electrons. The van der Waals surface area contributed by atoms with E-state index in [9.17, 15) is 9.59 Å². The highest BCUT2D eigenvalue weighted by molar-refractivity contribution is 6.00. The van der Waals surface area contributed by atoms with Crippen molar-refractivity contribution in [2.24, 2.45) is 5.41 Å². The summed E-state index contributed by atoms with van der Waals surface area (Å²) in [5.41, 5.74) is 3.71. The Kier molecular flexibility index (Phi) is 7.04. The number of rotatable bonds is 6. The molecule has 1 aliphatic heterocycles. The molecule has 2 aromatic heterocycles. The molecule has 0 bridgehead atoms. The van der Waals surface area contributed by atoms with Crippen LogP contribution in [0.1, 0.15) is 63.0 Å². The number of fused-ring (bicyclic) bond motifs is 1. The lowest BCUT2D eigenvalue weighted by Gasteiger charge is -2.26. The summed E-state index contributed by atoms with van der Waals surface area (Å²) in [5, 5.41) is 0.900. The summed E-state index contributed by atoms with van der Waals surface area (Å²) < 4.78 is 11.9. The zero-order chi connectivity index (χ0) is 30.4. The van der Waals surface area contributed by atoms with Crippen molar-refractivity contribution in [3.8, 4) is 22.6 Å². The van der Waals surface area contributed by atoms with Crippen LogP contribution in [0.3, 0.4) is 0 Å². The molecule has 43 heavy (non-hydrogen) atoms. The molecule has 1 fully saturated rings. The van der Waals surface area contributed by atoms with Gasteiger partial charge >= 0.3 is 5.97 Å². The first-order chi connectivity index (χ1) is 20.5. The average molecular weight is 574 g/mol. The molecule has 1 amide bonds. The molecule has 0 spiro atoms. The lowest BCUT2D eigenvalue weighted by molar-refractivity contribution is -0.124. The molecule has 0 saturated carbocycles. The van der Waals surface area contributed by atoms with Gasteiger partial charge in [0.25, 0.3) is 0 Å². The summed E-state index contributed by atoms with van der Waals surface area (Å²) in [6.07, 6.45) is 4.18. The van der Waals surface area contributed by atoms with E-state index in [1.165, 1.54) is 0 Å². The number of aromatic nitrogens is 2. The number of ether oxygens (including phenoxy) is 2. The fraction of sp³-hybridized carbons (Fsp3) is 0.250. The summed E-state index contributed by atoms with van der Waals surface area (Å²) in [5.74, 6) is 0.515. The highest BCUT2D eigenvalue weighted by Crippen LogP contribution is 2.46. The predicted octanol–water partition coefficient (Wildman–Crippen LogP) is 8.48. The van der Waals surface area contributed by atoms with Crippen LogP contribution in [0.5, 0.6) is 11.5 Å². The molecule has 7 nitrogen and oxygen atoms in total. The van der Waals surface area contributed by atoms with Crippen LogP contribution in [0.15, 0.2) is 97.3 Å². The molecule has 1 saturated heterocycles. The van der Waals surface area contributed by atoms with E-state index in [1.54, 1.807) is 12.3 Å². The second-order valence-corrected chi connectivity index (χ2v) is 12.6. The average Bonchev–Trinajstić information content (AvgIpc) is 3.53. The van der Waals surface area contributed by atoms with Gasteiger partial charge in [-0.3, -0.25) is 4.79 Å². The van der Waals surface area contributed by atoms with Crippen molar-refractivity contribution in [1.29, 1.82) is 0 Å². The van der Waals surface area contributed by atoms with Crippen LogP contribution in [-0.4, -0.2) is 27.4 Å². The number of anilines is 1. The third-order valence-corrected chi connectivity index (χ3v) is 7.68. The maximum atomic E-state index is 13.5. The number of H-pyrrole nitrogens is 1. The fourth-order valence-electron chi connectivity index (χ4n) is 5.57. The first-order valence-electron chi connectivity index (χ1n) is 14.5. The molecule has 1 aliphatic rings. The first-order valence-corrected chi connectivity index (χ1v) is 14.5. The Labute approximate surface area is 251 Å². The molecule has 1 N–H and O–H groups in total. The van der Waals surface area contributed by atoms with E-state index in [0.717, 1.165) is 39.8 Å². The molecule has 0 aliphatic carbocycles. The van der Waals surface area contributed by atoms with Gasteiger partial charge in [-0.1, -0.05) is 62.4 Å². The Balaban J connectivity index is 1.34. The topological polar surface area (TPSA) is 84.5 Å². The number of nitrogens with zero attached hydrogens (tertiary/aromatic N) is 2. The third-order valence-electron chi connectivity index (χ3n) is 7.68. The van der Waals surface area contributed by atoms with Crippen LogP contribution in [0, 0.1) is 5.41 Å². The van der Waals surface area contributed by atoms with Gasteiger partial charge in [-0.25, -0.2) is 9.78 Å². The first kappa shape index (κ1) is 28.2. The lowest BCUT2D eigenvalue weighted by Crippen LogP contribution is -2.32. The van der Waals surface area contributed by atoms with Gasteiger partial charge in [0.05, 0.1) is 12.2 Å². The minimum Gasteiger partial charge on any atom is -0.456 e. The number of hydrogen-bond acceptors (Lipinski definition) is 5. The number of nitrogens with one attached hydrogen (secondary N) is 1. The van der Waals surface area contributed by atoms with Crippen LogP contribution in [-0.2, 0) is 9.53 Å². The molecule has 5 aromatic rings. The Morgan fingerprint density at radius 1 is 0.953 bits per heavy atom. The zero-order valence-corrected chi connectivity index (χ0v) is 25.0. The van der Waals surface area contributed by atoms with Crippen molar-refractivity contribution in [3.63, 3.8) is 0 Å². The maximum Gasteiger partial charge on any atom is 0.342 e. The van der Waals surface area contributed by atoms with E-state index in [2.05, 4.69) is 22.1 Å². The maximum absolute atomic E-state index is 13.5. The van der Waals surface area contributed by atoms with E-state index in [0.29, 0.717) is 17.1 Å². The molecule has 1 unspecified atom stereocenters. The highest BCUT2D eigenvalue weighted by atomic mass is 16.6. The zero-order valence-electron chi connectivity index (χ0n) is 25.0. The number of hydrogen-bond donors (Lipinski definition) is 1. The largest absolute Gasteiger partial charge is 0.456 e. The quantitative estimate of drug-likeness (QED) is 0.206. The molecule has 6 rings (SSSR count). The number of carbonyl (C=O) groups is 2. The summed E-state index contributed by atoms with van der Waals surface area (Å²) in [7, 11) is 0. The van der Waals surface area contributed by atoms with Gasteiger partial charge in [0.15, 0.2) is 0 Å². The van der Waals surface area contributed by atoms with Gasteiger partial charge < -0.3 is 19.4 Å². The van der Waals surface area contributed by atoms with Crippen LogP contribution in [0.2, 0.25) is 0 Å². The number of amides is 1. The van der Waals surface area contributed by atoms with Crippen LogP contribution in [0.4, 0.5) is 5.69 Å². The normalized spacial score (nSPS) is 16.4. The Bertz CT molecular complexity index is 1800. The molecule has 1 atom stereocenters. The number of pyridine rings is 1. The summed E-state index contributed by atoms with van der Waals surface area (Å²) in [4.78, 5) is 36.1. The SMILES string of the molecule is CC(C)(C)OC(=O)c1ccc(-c2ccc(N3C(=O)C(C)(C)CC3c3ccccc3)cc2)cc1Oc1cnc2[nH]ccc2c1. The van der Waals surface area contributed by atoms with Crippen molar-refractivity contribution < 1.29 is 19.1 Å². The predicted molar refractivity (Wildman–Crippen MR) is 168 cm³/mol. The minimum absolute atomic E-state index is 0.0337. The van der Waals surface area contributed by atoms with Crippen molar-refractivity contribution in [3.05, 3.63) is 108 Å². The smallest absolute Gasteiger partial charge is 0.342 e. The van der Waals surface area contributed by atoms with Gasteiger partial charge in [-0.15, -0.1) is 0 Å². The van der Waals surface area contributed by atoms with Crippen molar-refractivity contribution >= 4 is 28.6 Å². The second-order valence-electron chi connectivity index (χ2n) is 12.6. The Morgan fingerprint density at radius 3 is 2.40 bits per heavy atom. The van der Waals surface area contributed by atoms with E-state index in [-0.39, 0.29) is 11.9 Å². The molecule has 0 radical (unpaired) electrons. The number of aromatic amines is 1. The van der Waals surface area contributed by atoms with E-state index in [1.807, 2.05) is 112 Å². The Hall–Kier alpha value is -4.91. The highest BCUT2D eigenvalue weighted by Gasteiger charge is 2.46. The Morgan fingerprint density at radius 2 is 1.67 bits per heavy atom. The van der Waals surface area contributed by atoms with Gasteiger partial charge in [0, 0.05) is 22.7 Å². The molecule has 3 aromatic carbocycles. The van der Waals surface area contributed by atoms with E-state index < -0.39 is 17.0 Å². The van der Waals surface area contributed by atoms with Gasteiger partial charge in [-0.2, -0.15) is 0 Å². The molecule has 7 heteroatoms. The van der Waals surface area contributed by atoms with E-state index >= 15 is 0 Å². The van der Waals surface area contributed by atoms with Gasteiger partial charge in [0.1, 0.15) is 28.3 Å². The van der Waals surface area contributed by atoms with Crippen LogP contribution < -0.4 is 9.64 Å². The minimum atomic E-state index is -0.659. The number of esters is 1. The van der Waals surface area contributed by atoms with Gasteiger partial charge in [-0.05, 0) is 80.3 Å². The molecule has 3 heterocycles. The number of carbonyl (C=O) groups excluding carboxylic acids is 2. The van der Waals surface area contributed by atoms with Crippen molar-refractivity contribution in [2.75, 3.05) is 4.90 Å². The van der Waals surface area contributed by atoms with Crippen LogP contribution in [0.25, 0.3) is 22.2 Å². The van der Waals surface area contributed by atoms with Crippen molar-refractivity contribution in [2.45, 2.75) is 52.7 Å². The summed E-state index contributed by atoms with van der Waals surface area (Å²) >= 11 is 0. The standard InChI is InChI=1S/C36H35N3O4/c1-35(2,3)43-33(40)29-16-13-25(20-31(29)42-28-19-26-17-18-37-32(26)38-22-28)23-11-14-27(15-12-23)39-30(21-36(4,5)34(39)41)24-9-7-6-8-10-24/h6-20,22,30H,21H2,1-5H3,(H,37,38). The molecular weight excluding hydrogens is 538 g/mol. The van der Waals surface area contributed by atoms with Gasteiger partial charge in [0.2, 0.25) is 5.91 Å². The molecular formula is C36H35N3O4. The number of benzene rings is 3. The second kappa shape index (κ2) is 10.7. The monoisotopic (exact) mass is 573 g/mol. The van der Waals surface area contributed by atoms with Crippen molar-refractivity contribution in [1.82, 2.24) is 9.97 Å². The van der Waals surface area contributed by atoms with E-state index in [4.69, 9.17) is 9.47 Å². The summed E-state index contributed by atoms with van der Waals surface area (Å²) in [6, 6.07) is 27.3. The third kappa shape index (κ3) is 5.75. The summed E-state index contributed by atoms with van der Waals surface area (Å²) in [6.45, 7) is 9.52. The van der Waals surface area contributed by atoms with Crippen LogP contribution >= 0.6 is 0 Å². The lowest BCUT2D eigenvalue weighted by atomic mass is 9.88. The fourth-order valence-corrected chi connectivity index (χ4v) is 5.57.